The Morgan fingerprint density at radius 2 is 1.13 bits per heavy atom. The number of ether oxygens (including phenoxy) is 2. The van der Waals surface area contributed by atoms with E-state index in [4.69, 9.17) is 26.4 Å². The zero-order valence-electron chi connectivity index (χ0n) is 36.1. The van der Waals surface area contributed by atoms with Crippen LogP contribution < -0.4 is 43.4 Å². The second-order valence-corrected chi connectivity index (χ2v) is 16.6. The fraction of sp³-hybridized carbons (Fsp3) is 0.548. The molecule has 6 amide bonds. The number of carbonyl (C=O) groups excluding carboxylic acids is 6. The van der Waals surface area contributed by atoms with Crippen LogP contribution in [0.25, 0.3) is 0 Å². The number of alkyl carbamates (subject to hydrolysis) is 2. The number of hydrogen-bond acceptors (Lipinski definition) is 10. The summed E-state index contributed by atoms with van der Waals surface area (Å²) in [5.41, 5.74) is 12.2. The third kappa shape index (κ3) is 19.6. The number of benzene rings is 2. The molecule has 18 nitrogen and oxygen atoms in total. The standard InChI is InChI=1S/C42H65N9O9/c1-25-21-28(52)22-26(2)29(25)24-33(50-36(55)31(18-14-20-46-38(44)45)51-40(58)60-42(6,7)8)37(56)48-30(17-12-13-19-47-39(57)59-41(3,4)5)35(54)49-32(34(43)53)23-27-15-10-9-11-16-27/h9-11,15-16,21-22,30-33,52H,12-14,17-20,23-24H2,1-8H3,(H2,43,53)(H,47,57)(H,48,56)(H,49,54)(H,50,55)(H,51,58)(H4,44,45,46)/t30-,31+,32?,33-/m0/s1. The molecule has 0 bridgehead atoms. The molecular weight excluding hydrogens is 775 g/mol. The van der Waals surface area contributed by atoms with Crippen LogP contribution >= 0.6 is 0 Å². The highest BCUT2D eigenvalue weighted by molar-refractivity contribution is 5.95. The number of phenolic OH excluding ortho intramolecular Hbond substituents is 1. The van der Waals surface area contributed by atoms with Crippen molar-refractivity contribution in [2.24, 2.45) is 11.5 Å². The van der Waals surface area contributed by atoms with E-state index >= 15 is 0 Å². The zero-order chi connectivity index (χ0) is 45.2. The molecule has 0 spiro atoms. The van der Waals surface area contributed by atoms with Crippen LogP contribution in [0.3, 0.4) is 0 Å². The molecule has 12 N–H and O–H groups in total. The normalized spacial score (nSPS) is 13.3. The molecule has 2 rings (SSSR count). The number of unbranched alkanes of at least 4 members (excludes halogenated alkanes) is 1. The molecule has 0 saturated carbocycles. The maximum absolute atomic E-state index is 14.4. The van der Waals surface area contributed by atoms with Crippen molar-refractivity contribution in [3.05, 3.63) is 64.7 Å². The molecule has 0 aliphatic rings. The molecule has 1 unspecified atom stereocenters. The summed E-state index contributed by atoms with van der Waals surface area (Å²) in [6.45, 7) is 14.1. The first-order chi connectivity index (χ1) is 27.9. The lowest BCUT2D eigenvalue weighted by atomic mass is 9.95. The summed E-state index contributed by atoms with van der Waals surface area (Å²) in [5, 5.41) is 33.8. The molecule has 4 atom stereocenters. The Balaban J connectivity index is 2.46. The highest BCUT2D eigenvalue weighted by atomic mass is 16.6. The number of primary amides is 1. The van der Waals surface area contributed by atoms with E-state index in [0.717, 1.165) is 5.56 Å². The average Bonchev–Trinajstić information content (AvgIpc) is 3.11. The number of aryl methyl sites for hydroxylation is 2. The van der Waals surface area contributed by atoms with Crippen molar-refractivity contribution < 1.29 is 43.3 Å². The van der Waals surface area contributed by atoms with Gasteiger partial charge >= 0.3 is 12.2 Å². The van der Waals surface area contributed by atoms with Crippen molar-refractivity contribution in [2.75, 3.05) is 13.1 Å². The Hall–Kier alpha value is -6.07. The van der Waals surface area contributed by atoms with E-state index in [1.807, 2.05) is 6.07 Å². The van der Waals surface area contributed by atoms with E-state index in [1.54, 1.807) is 79.7 Å². The number of guanidine groups is 1. The van der Waals surface area contributed by atoms with Crippen LogP contribution in [0.4, 0.5) is 9.59 Å². The van der Waals surface area contributed by atoms with Gasteiger partial charge < -0.3 is 57.9 Å². The molecule has 18 heteroatoms. The lowest BCUT2D eigenvalue weighted by Gasteiger charge is -2.28. The average molecular weight is 840 g/mol. The number of rotatable bonds is 21. The summed E-state index contributed by atoms with van der Waals surface area (Å²) >= 11 is 0. The van der Waals surface area contributed by atoms with Crippen molar-refractivity contribution in [1.29, 1.82) is 5.41 Å². The topological polar surface area (TPSA) is 289 Å². The van der Waals surface area contributed by atoms with Crippen LogP contribution in [-0.2, 0) is 41.5 Å². The second-order valence-electron chi connectivity index (χ2n) is 16.6. The molecule has 0 fully saturated rings. The van der Waals surface area contributed by atoms with Crippen molar-refractivity contribution in [3.63, 3.8) is 0 Å². The first kappa shape index (κ1) is 50.1. The van der Waals surface area contributed by atoms with E-state index in [0.29, 0.717) is 29.5 Å². The van der Waals surface area contributed by atoms with E-state index < -0.39 is 71.2 Å². The number of nitrogens with one attached hydrogen (secondary N) is 7. The number of phenols is 1. The van der Waals surface area contributed by atoms with Crippen molar-refractivity contribution in [1.82, 2.24) is 31.9 Å². The van der Waals surface area contributed by atoms with Gasteiger partial charge in [-0.25, -0.2) is 9.59 Å². The predicted octanol–water partition coefficient (Wildman–Crippen LogP) is 2.59. The molecule has 0 aromatic heterocycles. The van der Waals surface area contributed by atoms with E-state index in [1.165, 1.54) is 12.1 Å². The maximum Gasteiger partial charge on any atom is 0.408 e. The van der Waals surface area contributed by atoms with E-state index in [9.17, 15) is 33.9 Å². The third-order valence-corrected chi connectivity index (χ3v) is 8.88. The van der Waals surface area contributed by atoms with Gasteiger partial charge in [0.15, 0.2) is 5.96 Å². The molecule has 0 saturated heterocycles. The van der Waals surface area contributed by atoms with Crippen LogP contribution in [0.15, 0.2) is 42.5 Å². The fourth-order valence-electron chi connectivity index (χ4n) is 6.09. The summed E-state index contributed by atoms with van der Waals surface area (Å²) < 4.78 is 10.7. The summed E-state index contributed by atoms with van der Waals surface area (Å²) in [6, 6.07) is 7.11. The molecule has 332 valence electrons. The Morgan fingerprint density at radius 1 is 0.650 bits per heavy atom. The highest BCUT2D eigenvalue weighted by Crippen LogP contribution is 2.22. The lowest BCUT2D eigenvalue weighted by molar-refractivity contribution is -0.133. The van der Waals surface area contributed by atoms with Crippen molar-refractivity contribution in [3.8, 4) is 5.75 Å². The van der Waals surface area contributed by atoms with Gasteiger partial charge in [-0.15, -0.1) is 0 Å². The Kier molecular flexibility index (Phi) is 19.6. The van der Waals surface area contributed by atoms with Crippen molar-refractivity contribution in [2.45, 2.75) is 136 Å². The largest absolute Gasteiger partial charge is 0.508 e. The number of carbonyl (C=O) groups is 6. The minimum atomic E-state index is -1.32. The summed E-state index contributed by atoms with van der Waals surface area (Å²) in [6.07, 6.45) is -0.323. The SMILES string of the molecule is Cc1cc(O)cc(C)c1C[C@H](NC(=O)[C@@H](CCCNC(=N)N)NC(=O)OC(C)(C)C)C(=O)N[C@@H](CCCCNC(=O)OC(C)(C)C)C(=O)NC(Cc1ccccc1)C(N)=O. The van der Waals surface area contributed by atoms with Gasteiger partial charge in [-0.05, 0) is 122 Å². The number of hydrogen-bond donors (Lipinski definition) is 10. The van der Waals surface area contributed by atoms with Crippen LogP contribution in [-0.4, -0.2) is 95.3 Å². The van der Waals surface area contributed by atoms with E-state index in [-0.39, 0.29) is 56.9 Å². The minimum absolute atomic E-state index is 0.0111. The van der Waals surface area contributed by atoms with Gasteiger partial charge in [-0.2, -0.15) is 0 Å². The van der Waals surface area contributed by atoms with Crippen LogP contribution in [0.1, 0.15) is 95.9 Å². The molecule has 0 radical (unpaired) electrons. The number of aromatic hydroxyl groups is 1. The molecule has 60 heavy (non-hydrogen) atoms. The molecular formula is C42H65N9O9. The van der Waals surface area contributed by atoms with Gasteiger partial charge in [0.2, 0.25) is 23.6 Å². The molecule has 2 aromatic carbocycles. The fourth-order valence-corrected chi connectivity index (χ4v) is 6.09. The molecule has 0 aliphatic carbocycles. The van der Waals surface area contributed by atoms with E-state index in [2.05, 4.69) is 31.9 Å². The first-order valence-corrected chi connectivity index (χ1v) is 20.0. The Bertz CT molecular complexity index is 1770. The van der Waals surface area contributed by atoms with Gasteiger partial charge in [0, 0.05) is 25.9 Å². The van der Waals surface area contributed by atoms with Crippen LogP contribution in [0.2, 0.25) is 0 Å². The highest BCUT2D eigenvalue weighted by Gasteiger charge is 2.32. The van der Waals surface area contributed by atoms with Crippen molar-refractivity contribution >= 4 is 41.8 Å². The van der Waals surface area contributed by atoms with Gasteiger partial charge in [0.25, 0.3) is 0 Å². The summed E-state index contributed by atoms with van der Waals surface area (Å²) in [5.74, 6) is -3.24. The quantitative estimate of drug-likeness (QED) is 0.0495. The Labute approximate surface area is 352 Å². The number of nitrogens with two attached hydrogens (primary N) is 2. The molecule has 0 aliphatic heterocycles. The van der Waals surface area contributed by atoms with Gasteiger partial charge in [0.1, 0.15) is 41.1 Å². The molecule has 2 aromatic rings. The minimum Gasteiger partial charge on any atom is -0.508 e. The summed E-state index contributed by atoms with van der Waals surface area (Å²) in [4.78, 5) is 80.0. The second kappa shape index (κ2) is 23.5. The first-order valence-electron chi connectivity index (χ1n) is 20.0. The van der Waals surface area contributed by atoms with Crippen LogP contribution in [0, 0.1) is 19.3 Å². The van der Waals surface area contributed by atoms with Gasteiger partial charge in [-0.3, -0.25) is 24.6 Å². The van der Waals surface area contributed by atoms with Gasteiger partial charge in [0.05, 0.1) is 0 Å². The zero-order valence-corrected chi connectivity index (χ0v) is 36.1. The van der Waals surface area contributed by atoms with Gasteiger partial charge in [-0.1, -0.05) is 30.3 Å². The summed E-state index contributed by atoms with van der Waals surface area (Å²) in [7, 11) is 0. The third-order valence-electron chi connectivity index (χ3n) is 8.88. The predicted molar refractivity (Wildman–Crippen MR) is 227 cm³/mol. The monoisotopic (exact) mass is 839 g/mol. The smallest absolute Gasteiger partial charge is 0.408 e. The number of amides is 6. The Morgan fingerprint density at radius 3 is 1.68 bits per heavy atom. The van der Waals surface area contributed by atoms with Crippen LogP contribution in [0.5, 0.6) is 5.75 Å². The lowest BCUT2D eigenvalue weighted by Crippen LogP contribution is -2.59. The molecule has 0 heterocycles. The maximum atomic E-state index is 14.4.